The molecule has 16 heavy (non-hydrogen) atoms. The van der Waals surface area contributed by atoms with Crippen LogP contribution in [0, 0.1) is 13.8 Å². The molecule has 1 unspecified atom stereocenters. The summed E-state index contributed by atoms with van der Waals surface area (Å²) in [6.07, 6.45) is 0.209. The van der Waals surface area contributed by atoms with E-state index in [4.69, 9.17) is 9.31 Å². The number of hydrogen-bond donors (Lipinski definition) is 0. The molecule has 1 atom stereocenters. The van der Waals surface area contributed by atoms with Crippen LogP contribution in [0.2, 0.25) is 0 Å². The molecular weight excluding hydrogens is 199 g/mol. The summed E-state index contributed by atoms with van der Waals surface area (Å²) in [5.41, 5.74) is 3.64. The van der Waals surface area contributed by atoms with Crippen molar-refractivity contribution in [2.75, 3.05) is 6.61 Å². The van der Waals surface area contributed by atoms with Crippen LogP contribution in [0.25, 0.3) is 0 Å². The Hall–Kier alpha value is -0.795. The zero-order valence-electron chi connectivity index (χ0n) is 10.9. The number of aryl methyl sites for hydroxylation is 2. The highest BCUT2D eigenvalue weighted by molar-refractivity contribution is 6.61. The summed E-state index contributed by atoms with van der Waals surface area (Å²) in [7, 11) is -0.163. The van der Waals surface area contributed by atoms with Crippen LogP contribution in [-0.2, 0) is 9.31 Å². The van der Waals surface area contributed by atoms with E-state index in [1.165, 1.54) is 11.1 Å². The van der Waals surface area contributed by atoms with Crippen LogP contribution in [0.15, 0.2) is 18.2 Å². The van der Waals surface area contributed by atoms with Crippen LogP contribution in [0.5, 0.6) is 0 Å². The lowest BCUT2D eigenvalue weighted by Crippen LogP contribution is -2.32. The standard InChI is InChI=1S/C11H15BO2.C2H6/c1-8-4-9(2)6-11(5-8)12-13-7-10(3)14-12;1-2/h4-6,10H,7H2,1-3H3;1-2H3. The quantitative estimate of drug-likeness (QED) is 0.677. The Labute approximate surface area is 99.1 Å². The van der Waals surface area contributed by atoms with E-state index >= 15 is 0 Å². The summed E-state index contributed by atoms with van der Waals surface area (Å²) >= 11 is 0. The van der Waals surface area contributed by atoms with Crippen molar-refractivity contribution in [1.29, 1.82) is 0 Å². The van der Waals surface area contributed by atoms with Crippen LogP contribution < -0.4 is 5.46 Å². The third kappa shape index (κ3) is 3.36. The van der Waals surface area contributed by atoms with E-state index in [2.05, 4.69) is 32.0 Å². The molecule has 0 spiro atoms. The van der Waals surface area contributed by atoms with Gasteiger partial charge in [-0.15, -0.1) is 0 Å². The van der Waals surface area contributed by atoms with E-state index in [1.54, 1.807) is 0 Å². The Bertz CT molecular complexity index is 318. The fourth-order valence-electron chi connectivity index (χ4n) is 1.83. The summed E-state index contributed by atoms with van der Waals surface area (Å²) in [4.78, 5) is 0. The summed E-state index contributed by atoms with van der Waals surface area (Å²) in [6.45, 7) is 10.9. The Kier molecular flexibility index (Phi) is 5.03. The molecule has 0 aromatic heterocycles. The first-order chi connectivity index (χ1) is 7.65. The van der Waals surface area contributed by atoms with Crippen LogP contribution in [-0.4, -0.2) is 19.8 Å². The minimum atomic E-state index is -0.163. The molecule has 0 bridgehead atoms. The normalized spacial score (nSPS) is 19.3. The van der Waals surface area contributed by atoms with Crippen molar-refractivity contribution < 1.29 is 9.31 Å². The van der Waals surface area contributed by atoms with Crippen LogP contribution in [0.1, 0.15) is 31.9 Å². The predicted molar refractivity (Wildman–Crippen MR) is 69.2 cm³/mol. The Balaban J connectivity index is 0.000000606. The van der Waals surface area contributed by atoms with Gasteiger partial charge in [-0.25, -0.2) is 0 Å². The smallest absolute Gasteiger partial charge is 0.405 e. The third-order valence-corrected chi connectivity index (χ3v) is 2.35. The van der Waals surface area contributed by atoms with Crippen molar-refractivity contribution in [3.8, 4) is 0 Å². The summed E-state index contributed by atoms with van der Waals surface area (Å²) in [5.74, 6) is 0. The fourth-order valence-corrected chi connectivity index (χ4v) is 1.83. The monoisotopic (exact) mass is 220 g/mol. The second-order valence-corrected chi connectivity index (χ2v) is 4.03. The predicted octanol–water partition coefficient (Wildman–Crippen LogP) is 2.46. The second-order valence-electron chi connectivity index (χ2n) is 4.03. The zero-order chi connectivity index (χ0) is 12.1. The van der Waals surface area contributed by atoms with Crippen molar-refractivity contribution in [3.05, 3.63) is 29.3 Å². The molecule has 2 nitrogen and oxygen atoms in total. The summed E-state index contributed by atoms with van der Waals surface area (Å²) in [6, 6.07) is 6.40. The molecule has 1 heterocycles. The van der Waals surface area contributed by atoms with Gasteiger partial charge in [0.25, 0.3) is 0 Å². The molecule has 1 aromatic rings. The molecule has 1 fully saturated rings. The maximum atomic E-state index is 5.64. The minimum Gasteiger partial charge on any atom is -0.405 e. The summed E-state index contributed by atoms with van der Waals surface area (Å²) < 4.78 is 11.2. The van der Waals surface area contributed by atoms with Crippen LogP contribution in [0.3, 0.4) is 0 Å². The second kappa shape index (κ2) is 6.07. The van der Waals surface area contributed by atoms with Crippen molar-refractivity contribution in [2.24, 2.45) is 0 Å². The lowest BCUT2D eigenvalue weighted by atomic mass is 9.78. The van der Waals surface area contributed by atoms with E-state index in [-0.39, 0.29) is 13.2 Å². The molecule has 1 aliphatic rings. The van der Waals surface area contributed by atoms with Gasteiger partial charge in [-0.1, -0.05) is 43.2 Å². The molecule has 0 saturated carbocycles. The average Bonchev–Trinajstić information content (AvgIpc) is 2.66. The third-order valence-electron chi connectivity index (χ3n) is 2.35. The molecule has 88 valence electrons. The number of hydrogen-bond acceptors (Lipinski definition) is 2. The average molecular weight is 220 g/mol. The van der Waals surface area contributed by atoms with Gasteiger partial charge in [-0.2, -0.15) is 0 Å². The molecule has 1 aromatic carbocycles. The molecular formula is C13H21BO2. The van der Waals surface area contributed by atoms with Gasteiger partial charge in [0.05, 0.1) is 12.7 Å². The zero-order valence-corrected chi connectivity index (χ0v) is 10.9. The lowest BCUT2D eigenvalue weighted by molar-refractivity contribution is 0.258. The topological polar surface area (TPSA) is 18.5 Å². The van der Waals surface area contributed by atoms with E-state index in [1.807, 2.05) is 20.8 Å². The van der Waals surface area contributed by atoms with Gasteiger partial charge in [-0.3, -0.25) is 0 Å². The largest absolute Gasteiger partial charge is 0.494 e. The van der Waals surface area contributed by atoms with Gasteiger partial charge in [-0.05, 0) is 26.2 Å². The van der Waals surface area contributed by atoms with Gasteiger partial charge >= 0.3 is 7.12 Å². The Morgan fingerprint density at radius 2 is 1.69 bits per heavy atom. The maximum Gasteiger partial charge on any atom is 0.494 e. The highest BCUT2D eigenvalue weighted by atomic mass is 16.6. The molecule has 0 N–H and O–H groups in total. The number of rotatable bonds is 1. The van der Waals surface area contributed by atoms with E-state index in [0.717, 1.165) is 5.46 Å². The van der Waals surface area contributed by atoms with E-state index in [0.29, 0.717) is 6.61 Å². The SMILES string of the molecule is CC.Cc1cc(C)cc(B2OCC(C)O2)c1. The van der Waals surface area contributed by atoms with Crippen molar-refractivity contribution >= 4 is 12.6 Å². The summed E-state index contributed by atoms with van der Waals surface area (Å²) in [5, 5.41) is 0. The first-order valence-electron chi connectivity index (χ1n) is 6.00. The minimum absolute atomic E-state index is 0.163. The molecule has 0 radical (unpaired) electrons. The molecule has 1 aliphatic heterocycles. The fraction of sp³-hybridized carbons (Fsp3) is 0.538. The lowest BCUT2D eigenvalue weighted by Gasteiger charge is -2.07. The van der Waals surface area contributed by atoms with Gasteiger partial charge in [0, 0.05) is 0 Å². The Morgan fingerprint density at radius 1 is 1.12 bits per heavy atom. The molecule has 3 heteroatoms. The van der Waals surface area contributed by atoms with Crippen LogP contribution in [0.4, 0.5) is 0 Å². The molecule has 0 aliphatic carbocycles. The van der Waals surface area contributed by atoms with Crippen molar-refractivity contribution in [3.63, 3.8) is 0 Å². The molecule has 2 rings (SSSR count). The van der Waals surface area contributed by atoms with Crippen molar-refractivity contribution in [1.82, 2.24) is 0 Å². The van der Waals surface area contributed by atoms with Gasteiger partial charge in [0.15, 0.2) is 0 Å². The molecule has 0 amide bonds. The van der Waals surface area contributed by atoms with Crippen molar-refractivity contribution in [2.45, 2.75) is 40.7 Å². The molecule has 1 saturated heterocycles. The van der Waals surface area contributed by atoms with Crippen LogP contribution >= 0.6 is 0 Å². The Morgan fingerprint density at radius 3 is 2.12 bits per heavy atom. The van der Waals surface area contributed by atoms with Gasteiger partial charge < -0.3 is 9.31 Å². The first kappa shape index (κ1) is 13.3. The van der Waals surface area contributed by atoms with E-state index < -0.39 is 0 Å². The highest BCUT2D eigenvalue weighted by Crippen LogP contribution is 2.09. The number of benzene rings is 1. The van der Waals surface area contributed by atoms with E-state index in [9.17, 15) is 0 Å². The first-order valence-corrected chi connectivity index (χ1v) is 6.00. The maximum absolute atomic E-state index is 5.64. The van der Waals surface area contributed by atoms with Gasteiger partial charge in [0.2, 0.25) is 0 Å². The highest BCUT2D eigenvalue weighted by Gasteiger charge is 2.30. The van der Waals surface area contributed by atoms with Gasteiger partial charge in [0.1, 0.15) is 0 Å².